The van der Waals surface area contributed by atoms with Crippen molar-refractivity contribution in [2.45, 2.75) is 39.7 Å². The molecule has 0 saturated carbocycles. The molecule has 0 spiro atoms. The van der Waals surface area contributed by atoms with Crippen molar-refractivity contribution in [1.29, 1.82) is 0 Å². The average Bonchev–Trinajstić information content (AvgIpc) is 2.57. The molecule has 0 aliphatic rings. The molecule has 2 heterocycles. The number of hydrogen-bond donors (Lipinski definition) is 3. The highest BCUT2D eigenvalue weighted by Gasteiger charge is 2.20. The highest BCUT2D eigenvalue weighted by atomic mass is 35.5. The van der Waals surface area contributed by atoms with Crippen molar-refractivity contribution in [2.24, 2.45) is 0 Å². The van der Waals surface area contributed by atoms with Crippen LogP contribution in [0.1, 0.15) is 49.2 Å². The largest absolute Gasteiger partial charge is 0.351 e. The number of pyridine rings is 1. The van der Waals surface area contributed by atoms with E-state index in [-0.39, 0.29) is 53.2 Å². The summed E-state index contributed by atoms with van der Waals surface area (Å²) in [7, 11) is 1.79. The third kappa shape index (κ3) is 5.54. The SMILES string of the molecule is CCCn1c(=O)[nH]c(=O)c2c(C(=O)NCCNC)cc(C(C)C)nc21.Cl.Cl. The Labute approximate surface area is 170 Å². The number of carbonyl (C=O) groups excluding carboxylic acids is 1. The van der Waals surface area contributed by atoms with Crippen LogP contribution in [0.5, 0.6) is 0 Å². The lowest BCUT2D eigenvalue weighted by Gasteiger charge is -2.14. The summed E-state index contributed by atoms with van der Waals surface area (Å²) in [6.07, 6.45) is 0.707. The minimum atomic E-state index is -0.589. The average molecular weight is 420 g/mol. The molecular weight excluding hydrogens is 393 g/mol. The molecular formula is C17H27Cl2N5O3. The Kier molecular flexibility index (Phi) is 10.3. The zero-order chi connectivity index (χ0) is 18.6. The highest BCUT2D eigenvalue weighted by Crippen LogP contribution is 2.19. The van der Waals surface area contributed by atoms with Gasteiger partial charge < -0.3 is 10.6 Å². The molecule has 152 valence electrons. The second-order valence-electron chi connectivity index (χ2n) is 6.22. The maximum absolute atomic E-state index is 12.6. The van der Waals surface area contributed by atoms with Crippen LogP contribution in [-0.2, 0) is 6.54 Å². The van der Waals surface area contributed by atoms with Gasteiger partial charge in [0.1, 0.15) is 0 Å². The molecule has 0 fully saturated rings. The Morgan fingerprint density at radius 1 is 1.26 bits per heavy atom. The Morgan fingerprint density at radius 2 is 1.93 bits per heavy atom. The molecule has 3 N–H and O–H groups in total. The lowest BCUT2D eigenvalue weighted by molar-refractivity contribution is 0.0955. The molecule has 10 heteroatoms. The maximum atomic E-state index is 12.6. The molecule has 0 aromatic carbocycles. The monoisotopic (exact) mass is 419 g/mol. The summed E-state index contributed by atoms with van der Waals surface area (Å²) in [6.45, 7) is 7.30. The first kappa shape index (κ1) is 25.1. The Hall–Kier alpha value is -1.90. The molecule has 27 heavy (non-hydrogen) atoms. The first-order valence-electron chi connectivity index (χ1n) is 8.51. The number of aryl methyl sites for hydroxylation is 1. The third-order valence-electron chi connectivity index (χ3n) is 3.91. The number of halogens is 2. The van der Waals surface area contributed by atoms with E-state index in [0.29, 0.717) is 31.7 Å². The van der Waals surface area contributed by atoms with Crippen molar-refractivity contribution in [3.05, 3.63) is 38.2 Å². The van der Waals surface area contributed by atoms with Gasteiger partial charge in [0, 0.05) is 25.3 Å². The quantitative estimate of drug-likeness (QED) is 0.587. The van der Waals surface area contributed by atoms with Gasteiger partial charge in [0.25, 0.3) is 11.5 Å². The number of nitrogens with zero attached hydrogens (tertiary/aromatic N) is 2. The van der Waals surface area contributed by atoms with Crippen LogP contribution in [0.3, 0.4) is 0 Å². The predicted octanol–water partition coefficient (Wildman–Crippen LogP) is 1.41. The number of nitrogens with one attached hydrogen (secondary N) is 3. The second-order valence-corrected chi connectivity index (χ2v) is 6.22. The lowest BCUT2D eigenvalue weighted by atomic mass is 10.0. The van der Waals surface area contributed by atoms with Crippen molar-refractivity contribution in [2.75, 3.05) is 20.1 Å². The van der Waals surface area contributed by atoms with Crippen molar-refractivity contribution in [3.63, 3.8) is 0 Å². The van der Waals surface area contributed by atoms with Crippen LogP contribution in [0.4, 0.5) is 0 Å². The van der Waals surface area contributed by atoms with E-state index in [1.165, 1.54) is 4.57 Å². The molecule has 1 amide bonds. The van der Waals surface area contributed by atoms with Crippen LogP contribution >= 0.6 is 24.8 Å². The van der Waals surface area contributed by atoms with Crippen LogP contribution in [-0.4, -0.2) is 40.6 Å². The Morgan fingerprint density at radius 3 is 2.48 bits per heavy atom. The molecule has 0 saturated heterocycles. The number of likely N-dealkylation sites (N-methyl/N-ethyl adjacent to an activating group) is 1. The van der Waals surface area contributed by atoms with Gasteiger partial charge in [-0.05, 0) is 25.5 Å². The first-order chi connectivity index (χ1) is 11.9. The van der Waals surface area contributed by atoms with E-state index in [9.17, 15) is 14.4 Å². The third-order valence-corrected chi connectivity index (χ3v) is 3.91. The fraction of sp³-hybridized carbons (Fsp3) is 0.529. The summed E-state index contributed by atoms with van der Waals surface area (Å²) in [6, 6.07) is 1.64. The minimum Gasteiger partial charge on any atom is -0.351 e. The highest BCUT2D eigenvalue weighted by molar-refractivity contribution is 6.05. The molecule has 0 aliphatic heterocycles. The second kappa shape index (κ2) is 11.1. The lowest BCUT2D eigenvalue weighted by Crippen LogP contribution is -2.35. The van der Waals surface area contributed by atoms with Gasteiger partial charge in [-0.2, -0.15) is 0 Å². The van der Waals surface area contributed by atoms with Gasteiger partial charge >= 0.3 is 5.69 Å². The van der Waals surface area contributed by atoms with Gasteiger partial charge in [-0.25, -0.2) is 9.78 Å². The Balaban J connectivity index is 0.00000338. The number of carbonyl (C=O) groups is 1. The fourth-order valence-electron chi connectivity index (χ4n) is 2.60. The van der Waals surface area contributed by atoms with Crippen LogP contribution < -0.4 is 21.9 Å². The number of fused-ring (bicyclic) bond motifs is 1. The van der Waals surface area contributed by atoms with E-state index in [1.807, 2.05) is 20.8 Å². The zero-order valence-electron chi connectivity index (χ0n) is 15.9. The number of aromatic amines is 1. The van der Waals surface area contributed by atoms with E-state index >= 15 is 0 Å². The zero-order valence-corrected chi connectivity index (χ0v) is 17.6. The summed E-state index contributed by atoms with van der Waals surface area (Å²) >= 11 is 0. The molecule has 0 atom stereocenters. The smallest absolute Gasteiger partial charge is 0.329 e. The molecule has 2 rings (SSSR count). The van der Waals surface area contributed by atoms with E-state index < -0.39 is 11.2 Å². The number of H-pyrrole nitrogens is 1. The summed E-state index contributed by atoms with van der Waals surface area (Å²) in [4.78, 5) is 44.0. The molecule has 0 aliphatic carbocycles. The van der Waals surface area contributed by atoms with Crippen molar-refractivity contribution < 1.29 is 4.79 Å². The topological polar surface area (TPSA) is 109 Å². The number of hydrogen-bond acceptors (Lipinski definition) is 5. The van der Waals surface area contributed by atoms with Crippen LogP contribution in [0.2, 0.25) is 0 Å². The van der Waals surface area contributed by atoms with E-state index in [4.69, 9.17) is 0 Å². The maximum Gasteiger partial charge on any atom is 0.329 e. The molecule has 0 unspecified atom stereocenters. The number of aromatic nitrogens is 3. The summed E-state index contributed by atoms with van der Waals surface area (Å²) in [5, 5.41) is 5.88. The van der Waals surface area contributed by atoms with E-state index in [2.05, 4.69) is 20.6 Å². The van der Waals surface area contributed by atoms with Gasteiger partial charge in [-0.15, -0.1) is 24.8 Å². The van der Waals surface area contributed by atoms with Crippen LogP contribution in [0.25, 0.3) is 11.0 Å². The van der Waals surface area contributed by atoms with Crippen molar-refractivity contribution in [1.82, 2.24) is 25.2 Å². The van der Waals surface area contributed by atoms with Crippen molar-refractivity contribution >= 4 is 41.8 Å². The Bertz CT molecular complexity index is 892. The molecule has 2 aromatic rings. The van der Waals surface area contributed by atoms with E-state index in [1.54, 1.807) is 13.1 Å². The molecule has 0 radical (unpaired) electrons. The van der Waals surface area contributed by atoms with Gasteiger partial charge in [-0.3, -0.25) is 19.1 Å². The van der Waals surface area contributed by atoms with Gasteiger partial charge in [-0.1, -0.05) is 20.8 Å². The van der Waals surface area contributed by atoms with Crippen molar-refractivity contribution in [3.8, 4) is 0 Å². The molecule has 0 bridgehead atoms. The summed E-state index contributed by atoms with van der Waals surface area (Å²) < 4.78 is 1.42. The fourth-order valence-corrected chi connectivity index (χ4v) is 2.60. The summed E-state index contributed by atoms with van der Waals surface area (Å²) in [5.74, 6) is -0.297. The first-order valence-corrected chi connectivity index (χ1v) is 8.51. The van der Waals surface area contributed by atoms with Crippen LogP contribution in [0.15, 0.2) is 15.7 Å². The molecule has 2 aromatic heterocycles. The van der Waals surface area contributed by atoms with Gasteiger partial charge in [0.05, 0.1) is 10.9 Å². The number of rotatable bonds is 7. The minimum absolute atomic E-state index is 0. The van der Waals surface area contributed by atoms with Gasteiger partial charge in [0.15, 0.2) is 5.65 Å². The predicted molar refractivity (Wildman–Crippen MR) is 112 cm³/mol. The standard InChI is InChI=1S/C17H25N5O3.2ClH/c1-5-8-22-14-13(16(24)21-17(22)25)11(9-12(20-14)10(2)3)15(23)19-7-6-18-4;;/h9-10,18H,5-8H2,1-4H3,(H,19,23)(H,21,24,25);2*1H. The van der Waals surface area contributed by atoms with E-state index in [0.717, 1.165) is 0 Å². The number of amides is 1. The normalized spacial score (nSPS) is 10.4. The van der Waals surface area contributed by atoms with Gasteiger partial charge in [0.2, 0.25) is 0 Å². The van der Waals surface area contributed by atoms with Crippen LogP contribution in [0, 0.1) is 0 Å². The summed E-state index contributed by atoms with van der Waals surface area (Å²) in [5.41, 5.74) is 0.0841. The molecule has 8 nitrogen and oxygen atoms in total.